The van der Waals surface area contributed by atoms with Crippen molar-refractivity contribution >= 4 is 47.9 Å². The van der Waals surface area contributed by atoms with E-state index in [0.717, 1.165) is 22.6 Å². The fraction of sp³-hybridized carbons (Fsp3) is 0.0811. The Hall–Kier alpha value is -4.36. The molecule has 0 fully saturated rings. The van der Waals surface area contributed by atoms with Gasteiger partial charge in [-0.3, -0.25) is 0 Å². The van der Waals surface area contributed by atoms with Crippen molar-refractivity contribution in [3.05, 3.63) is 156 Å². The Morgan fingerprint density at radius 1 is 0.558 bits per heavy atom. The van der Waals surface area contributed by atoms with Crippen molar-refractivity contribution in [3.8, 4) is 11.5 Å². The molecule has 0 saturated carbocycles. The number of fused-ring (bicyclic) bond motifs is 1. The summed E-state index contributed by atoms with van der Waals surface area (Å²) in [5.74, 6) is 2.19. The zero-order valence-electron chi connectivity index (χ0n) is 23.7. The molecular formula is C37H30O4P2. The van der Waals surface area contributed by atoms with Crippen LogP contribution in [-0.2, 0) is 9.47 Å². The van der Waals surface area contributed by atoms with Gasteiger partial charge in [0.05, 0.1) is 0 Å². The summed E-state index contributed by atoms with van der Waals surface area (Å²) in [6.07, 6.45) is 1.74. The minimum Gasteiger partial charge on any atom is -0.461 e. The molecule has 2 aliphatic heterocycles. The maximum Gasteiger partial charge on any atom is 0.231 e. The zero-order chi connectivity index (χ0) is 29.0. The number of benzene rings is 5. The third kappa shape index (κ3) is 5.45. The smallest absolute Gasteiger partial charge is 0.231 e. The molecule has 0 saturated heterocycles. The molecule has 2 heterocycles. The molecule has 0 aliphatic carbocycles. The molecule has 0 bridgehead atoms. The van der Waals surface area contributed by atoms with Crippen LogP contribution in [0.2, 0.25) is 0 Å². The summed E-state index contributed by atoms with van der Waals surface area (Å²) < 4.78 is 24.2. The van der Waals surface area contributed by atoms with Gasteiger partial charge < -0.3 is 18.9 Å². The van der Waals surface area contributed by atoms with Crippen molar-refractivity contribution in [2.75, 3.05) is 13.6 Å². The van der Waals surface area contributed by atoms with Crippen molar-refractivity contribution < 1.29 is 18.9 Å². The summed E-state index contributed by atoms with van der Waals surface area (Å²) in [6.45, 7) is 2.58. The molecule has 0 aromatic heterocycles. The third-order valence-electron chi connectivity index (χ3n) is 7.48. The van der Waals surface area contributed by atoms with E-state index < -0.39 is 15.8 Å². The average Bonchev–Trinajstić information content (AvgIpc) is 3.78. The molecule has 0 unspecified atom stereocenters. The highest BCUT2D eigenvalue weighted by atomic mass is 31.1. The Kier molecular flexibility index (Phi) is 7.97. The fourth-order valence-corrected chi connectivity index (χ4v) is 10.5. The maximum absolute atomic E-state index is 6.31. The number of ether oxygens (including phenoxy) is 4. The topological polar surface area (TPSA) is 36.9 Å². The molecule has 0 atom stereocenters. The molecule has 0 amide bonds. The van der Waals surface area contributed by atoms with E-state index in [0.29, 0.717) is 5.76 Å². The second kappa shape index (κ2) is 12.5. The molecule has 5 aromatic rings. The summed E-state index contributed by atoms with van der Waals surface area (Å²) >= 11 is 0. The van der Waals surface area contributed by atoms with Crippen LogP contribution in [0.1, 0.15) is 12.5 Å². The standard InChI is InChI=1S/C37H30O4P2/c1-27(42(28-14-6-2-7-15-28)29-16-8-3-9-17-29)35(33-24-38-25-39-33)36-34(23-22-32-37(36)41-26-40-32)43(30-18-10-4-11-19-30)31-20-12-5-13-21-31/h2-24H,25-26H2,1H3/b35-27-. The first-order chi connectivity index (χ1) is 21.3. The molecule has 5 aromatic carbocycles. The first-order valence-electron chi connectivity index (χ1n) is 14.2. The first-order valence-corrected chi connectivity index (χ1v) is 16.9. The van der Waals surface area contributed by atoms with Crippen LogP contribution in [0.5, 0.6) is 11.5 Å². The molecule has 0 N–H and O–H groups in total. The quantitative estimate of drug-likeness (QED) is 0.182. The Balaban J connectivity index is 1.55. The summed E-state index contributed by atoms with van der Waals surface area (Å²) in [4.78, 5) is 0. The van der Waals surface area contributed by atoms with Gasteiger partial charge in [0.15, 0.2) is 17.3 Å². The summed E-state index contributed by atoms with van der Waals surface area (Å²) in [5.41, 5.74) is 2.00. The summed E-state index contributed by atoms with van der Waals surface area (Å²) in [6, 6.07) is 47.2. The second-order valence-corrected chi connectivity index (χ2v) is 14.6. The minimum atomic E-state index is -0.959. The van der Waals surface area contributed by atoms with Crippen LogP contribution in [-0.4, -0.2) is 13.6 Å². The van der Waals surface area contributed by atoms with Crippen molar-refractivity contribution in [2.45, 2.75) is 6.92 Å². The highest BCUT2D eigenvalue weighted by Gasteiger charge is 2.34. The Labute approximate surface area is 254 Å². The van der Waals surface area contributed by atoms with Gasteiger partial charge in [0.25, 0.3) is 0 Å². The van der Waals surface area contributed by atoms with Gasteiger partial charge in [-0.2, -0.15) is 0 Å². The number of rotatable bonds is 8. The SMILES string of the molecule is C/C(=C(\C1=COCO1)c1c(P(c2ccccc2)c2ccccc2)ccc2c1OCO2)P(c1ccccc1)c1ccccc1. The van der Waals surface area contributed by atoms with Crippen LogP contribution < -0.4 is 36.0 Å². The number of allylic oxidation sites excluding steroid dienone is 2. The molecule has 212 valence electrons. The second-order valence-electron chi connectivity index (χ2n) is 10.1. The van der Waals surface area contributed by atoms with Gasteiger partial charge in [0, 0.05) is 11.1 Å². The molecule has 0 spiro atoms. The summed E-state index contributed by atoms with van der Waals surface area (Å²) in [5, 5.41) is 7.41. The van der Waals surface area contributed by atoms with E-state index in [-0.39, 0.29) is 13.6 Å². The first kappa shape index (κ1) is 27.5. The van der Waals surface area contributed by atoms with Crippen LogP contribution in [0.4, 0.5) is 0 Å². The van der Waals surface area contributed by atoms with E-state index >= 15 is 0 Å². The minimum absolute atomic E-state index is 0.175. The maximum atomic E-state index is 6.31. The highest BCUT2D eigenvalue weighted by molar-refractivity contribution is 7.80. The Bertz CT molecular complexity index is 1690. The Morgan fingerprint density at radius 2 is 1.09 bits per heavy atom. The van der Waals surface area contributed by atoms with Gasteiger partial charge in [-0.15, -0.1) is 0 Å². The lowest BCUT2D eigenvalue weighted by molar-refractivity contribution is 0.0854. The lowest BCUT2D eigenvalue weighted by Crippen LogP contribution is -2.24. The van der Waals surface area contributed by atoms with Gasteiger partial charge in [0.1, 0.15) is 6.26 Å². The van der Waals surface area contributed by atoms with Gasteiger partial charge in [0.2, 0.25) is 13.6 Å². The molecule has 2 aliphatic rings. The molecular weight excluding hydrogens is 570 g/mol. The van der Waals surface area contributed by atoms with Gasteiger partial charge in [-0.1, -0.05) is 121 Å². The molecule has 43 heavy (non-hydrogen) atoms. The average molecular weight is 601 g/mol. The van der Waals surface area contributed by atoms with Crippen LogP contribution >= 0.6 is 15.8 Å². The van der Waals surface area contributed by atoms with E-state index in [2.05, 4.69) is 134 Å². The number of hydrogen-bond donors (Lipinski definition) is 0. The van der Waals surface area contributed by atoms with Gasteiger partial charge in [-0.05, 0) is 66.7 Å². The monoisotopic (exact) mass is 600 g/mol. The predicted octanol–water partition coefficient (Wildman–Crippen LogP) is 6.88. The lowest BCUT2D eigenvalue weighted by Gasteiger charge is -2.27. The molecule has 6 heteroatoms. The van der Waals surface area contributed by atoms with Gasteiger partial charge in [-0.25, -0.2) is 0 Å². The van der Waals surface area contributed by atoms with E-state index in [9.17, 15) is 0 Å². The highest BCUT2D eigenvalue weighted by Crippen LogP contribution is 2.53. The van der Waals surface area contributed by atoms with Crippen LogP contribution in [0, 0.1) is 0 Å². The molecule has 0 radical (unpaired) electrons. The normalized spacial score (nSPS) is 14.3. The zero-order valence-corrected chi connectivity index (χ0v) is 25.5. The van der Waals surface area contributed by atoms with Crippen molar-refractivity contribution in [3.63, 3.8) is 0 Å². The van der Waals surface area contributed by atoms with E-state index in [1.165, 1.54) is 31.8 Å². The fourth-order valence-electron chi connectivity index (χ4n) is 5.63. The predicted molar refractivity (Wildman–Crippen MR) is 178 cm³/mol. The van der Waals surface area contributed by atoms with Crippen molar-refractivity contribution in [1.29, 1.82) is 0 Å². The van der Waals surface area contributed by atoms with Crippen molar-refractivity contribution in [2.24, 2.45) is 0 Å². The molecule has 4 nitrogen and oxygen atoms in total. The Morgan fingerprint density at radius 3 is 1.60 bits per heavy atom. The lowest BCUT2D eigenvalue weighted by atomic mass is 10.0. The van der Waals surface area contributed by atoms with Crippen molar-refractivity contribution in [1.82, 2.24) is 0 Å². The largest absolute Gasteiger partial charge is 0.461 e. The summed E-state index contributed by atoms with van der Waals surface area (Å²) in [7, 11) is -1.88. The van der Waals surface area contributed by atoms with E-state index in [1.807, 2.05) is 6.07 Å². The number of hydrogen-bond acceptors (Lipinski definition) is 4. The van der Waals surface area contributed by atoms with E-state index in [1.54, 1.807) is 6.26 Å². The van der Waals surface area contributed by atoms with Crippen LogP contribution in [0.15, 0.2) is 151 Å². The third-order valence-corrected chi connectivity index (χ3v) is 12.5. The van der Waals surface area contributed by atoms with Crippen LogP contribution in [0.25, 0.3) is 5.57 Å². The van der Waals surface area contributed by atoms with Gasteiger partial charge >= 0.3 is 0 Å². The van der Waals surface area contributed by atoms with Crippen LogP contribution in [0.3, 0.4) is 0 Å². The van der Waals surface area contributed by atoms with E-state index in [4.69, 9.17) is 18.9 Å². The molecule has 7 rings (SSSR count).